The van der Waals surface area contributed by atoms with Gasteiger partial charge in [-0.05, 0) is 12.0 Å². The van der Waals surface area contributed by atoms with Gasteiger partial charge in [-0.15, -0.1) is 0 Å². The van der Waals surface area contributed by atoms with Crippen molar-refractivity contribution in [2.24, 2.45) is 11.1 Å². The van der Waals surface area contributed by atoms with Crippen molar-refractivity contribution in [3.63, 3.8) is 0 Å². The van der Waals surface area contributed by atoms with Crippen molar-refractivity contribution in [1.29, 1.82) is 0 Å². The van der Waals surface area contributed by atoms with Gasteiger partial charge in [0.15, 0.2) is 17.6 Å². The molecule has 3 aromatic rings. The zero-order valence-corrected chi connectivity index (χ0v) is 13.2. The van der Waals surface area contributed by atoms with Crippen molar-refractivity contribution in [3.05, 3.63) is 48.5 Å². The van der Waals surface area contributed by atoms with Crippen LogP contribution in [0, 0.1) is 5.92 Å². The Morgan fingerprint density at radius 1 is 1.16 bits per heavy atom. The van der Waals surface area contributed by atoms with Gasteiger partial charge in [-0.2, -0.15) is 0 Å². The number of imidazole rings is 1. The second kappa shape index (κ2) is 5.25. The molecule has 1 aliphatic carbocycles. The van der Waals surface area contributed by atoms with Crippen molar-refractivity contribution in [1.82, 2.24) is 19.5 Å². The van der Waals surface area contributed by atoms with E-state index in [0.717, 1.165) is 11.3 Å². The van der Waals surface area contributed by atoms with Gasteiger partial charge in [0.2, 0.25) is 0 Å². The molecule has 3 N–H and O–H groups in total. The first-order valence-corrected chi connectivity index (χ1v) is 8.14. The number of aliphatic hydroxyl groups is 1. The van der Waals surface area contributed by atoms with Gasteiger partial charge in [-0.1, -0.05) is 35.5 Å². The summed E-state index contributed by atoms with van der Waals surface area (Å²) in [5.41, 5.74) is 8.83. The molecule has 0 unspecified atom stereocenters. The molecule has 1 fully saturated rings. The first-order valence-electron chi connectivity index (χ1n) is 8.14. The normalized spacial score (nSPS) is 28.0. The molecule has 8 heteroatoms. The molecule has 0 saturated heterocycles. The number of aliphatic hydroxyl groups excluding tert-OH is 1. The number of fused-ring (bicyclic) bond motifs is 2. The summed E-state index contributed by atoms with van der Waals surface area (Å²) in [7, 11) is 0. The average molecular weight is 336 g/mol. The van der Waals surface area contributed by atoms with E-state index in [9.17, 15) is 5.11 Å². The number of nitrogen functional groups attached to an aromatic ring is 1. The van der Waals surface area contributed by atoms with Crippen LogP contribution >= 0.6 is 0 Å². The Kier molecular flexibility index (Phi) is 3.01. The third-order valence-electron chi connectivity index (χ3n) is 5.03. The third-order valence-corrected chi connectivity index (χ3v) is 5.03. The summed E-state index contributed by atoms with van der Waals surface area (Å²) in [6, 6.07) is 9.69. The maximum absolute atomic E-state index is 10.7. The van der Waals surface area contributed by atoms with Crippen LogP contribution in [0.3, 0.4) is 0 Å². The molecule has 25 heavy (non-hydrogen) atoms. The summed E-state index contributed by atoms with van der Waals surface area (Å²) in [5, 5.41) is 14.9. The van der Waals surface area contributed by atoms with Crippen LogP contribution in [-0.4, -0.2) is 42.5 Å². The second-order valence-corrected chi connectivity index (χ2v) is 6.39. The number of hydrogen-bond acceptors (Lipinski definition) is 7. The number of aromatic nitrogens is 4. The molecule has 0 amide bonds. The molecule has 8 nitrogen and oxygen atoms in total. The van der Waals surface area contributed by atoms with E-state index in [1.54, 1.807) is 6.33 Å². The van der Waals surface area contributed by atoms with Crippen LogP contribution in [0.4, 0.5) is 5.82 Å². The SMILES string of the molecule is Nc1ncnc2c1ncn2[C@@H]1C[C@H](O)[C@H]2C(c3ccccc3)=NO[C@H]21. The quantitative estimate of drug-likeness (QED) is 0.726. The van der Waals surface area contributed by atoms with E-state index >= 15 is 0 Å². The molecule has 0 radical (unpaired) electrons. The van der Waals surface area contributed by atoms with Gasteiger partial charge >= 0.3 is 0 Å². The summed E-state index contributed by atoms with van der Waals surface area (Å²) >= 11 is 0. The highest BCUT2D eigenvalue weighted by Gasteiger charge is 2.52. The first kappa shape index (κ1) is 14.4. The van der Waals surface area contributed by atoms with Gasteiger partial charge < -0.3 is 20.2 Å². The van der Waals surface area contributed by atoms with E-state index in [0.29, 0.717) is 23.4 Å². The summed E-state index contributed by atoms with van der Waals surface area (Å²) in [4.78, 5) is 18.3. The van der Waals surface area contributed by atoms with Crippen LogP contribution in [0.25, 0.3) is 11.2 Å². The molecule has 3 heterocycles. The summed E-state index contributed by atoms with van der Waals surface area (Å²) in [6.45, 7) is 0. The highest BCUT2D eigenvalue weighted by Crippen LogP contribution is 2.43. The Morgan fingerprint density at radius 3 is 2.84 bits per heavy atom. The van der Waals surface area contributed by atoms with E-state index in [1.807, 2.05) is 34.9 Å². The van der Waals surface area contributed by atoms with Crippen LogP contribution < -0.4 is 5.73 Å². The number of hydrogen-bond donors (Lipinski definition) is 2. The average Bonchev–Trinajstić information content (AvgIpc) is 3.32. The molecule has 1 saturated carbocycles. The summed E-state index contributed by atoms with van der Waals surface area (Å²) in [5.74, 6) is 0.163. The molecular weight excluding hydrogens is 320 g/mol. The van der Waals surface area contributed by atoms with Gasteiger partial charge in [-0.3, -0.25) is 0 Å². The molecule has 1 aliphatic heterocycles. The molecule has 5 rings (SSSR count). The van der Waals surface area contributed by atoms with Gasteiger partial charge in [0.1, 0.15) is 11.8 Å². The van der Waals surface area contributed by atoms with E-state index < -0.39 is 6.10 Å². The van der Waals surface area contributed by atoms with Crippen LogP contribution in [-0.2, 0) is 4.84 Å². The third kappa shape index (κ3) is 2.04. The molecule has 0 spiro atoms. The number of nitrogens with zero attached hydrogens (tertiary/aromatic N) is 5. The molecule has 1 aromatic carbocycles. The number of nitrogens with two attached hydrogens (primary N) is 1. The minimum atomic E-state index is -0.548. The minimum absolute atomic E-state index is 0.121. The van der Waals surface area contributed by atoms with E-state index in [4.69, 9.17) is 10.6 Å². The fourth-order valence-electron chi connectivity index (χ4n) is 3.88. The number of rotatable bonds is 2. The smallest absolute Gasteiger partial charge is 0.165 e. The summed E-state index contributed by atoms with van der Waals surface area (Å²) < 4.78 is 1.91. The van der Waals surface area contributed by atoms with Crippen molar-refractivity contribution in [2.45, 2.75) is 24.7 Å². The van der Waals surface area contributed by atoms with Crippen molar-refractivity contribution >= 4 is 22.7 Å². The van der Waals surface area contributed by atoms with Crippen LogP contribution in [0.15, 0.2) is 48.1 Å². The fraction of sp³-hybridized carbons (Fsp3) is 0.294. The van der Waals surface area contributed by atoms with E-state index in [1.165, 1.54) is 6.33 Å². The Bertz CT molecular complexity index is 970. The fourth-order valence-corrected chi connectivity index (χ4v) is 3.88. The highest BCUT2D eigenvalue weighted by molar-refractivity contribution is 6.03. The summed E-state index contributed by atoms with van der Waals surface area (Å²) in [6.07, 6.45) is 2.82. The lowest BCUT2D eigenvalue weighted by Gasteiger charge is -2.18. The van der Waals surface area contributed by atoms with Crippen LogP contribution in [0.2, 0.25) is 0 Å². The zero-order chi connectivity index (χ0) is 17.0. The molecule has 4 atom stereocenters. The Morgan fingerprint density at radius 2 is 2.00 bits per heavy atom. The molecule has 126 valence electrons. The van der Waals surface area contributed by atoms with Crippen molar-refractivity contribution in [2.75, 3.05) is 5.73 Å². The Hall–Kier alpha value is -3.00. The maximum atomic E-state index is 10.7. The topological polar surface area (TPSA) is 111 Å². The highest BCUT2D eigenvalue weighted by atomic mass is 16.6. The monoisotopic (exact) mass is 336 g/mol. The van der Waals surface area contributed by atoms with Crippen LogP contribution in [0.5, 0.6) is 0 Å². The van der Waals surface area contributed by atoms with Gasteiger partial charge in [0.05, 0.1) is 30.1 Å². The van der Waals surface area contributed by atoms with Crippen LogP contribution in [0.1, 0.15) is 18.0 Å². The number of anilines is 1. The lowest BCUT2D eigenvalue weighted by Crippen LogP contribution is -2.29. The lowest BCUT2D eigenvalue weighted by molar-refractivity contribution is 0.0380. The van der Waals surface area contributed by atoms with Gasteiger partial charge in [0.25, 0.3) is 0 Å². The van der Waals surface area contributed by atoms with E-state index in [-0.39, 0.29) is 18.1 Å². The van der Waals surface area contributed by atoms with Gasteiger partial charge in [0, 0.05) is 0 Å². The molecule has 2 aliphatic rings. The largest absolute Gasteiger partial charge is 0.392 e. The van der Waals surface area contributed by atoms with E-state index in [2.05, 4.69) is 20.1 Å². The molecular formula is C17H16N6O2. The minimum Gasteiger partial charge on any atom is -0.392 e. The number of benzene rings is 1. The maximum Gasteiger partial charge on any atom is 0.165 e. The molecule has 0 bridgehead atoms. The standard InChI is InChI=1S/C17H16N6O2/c18-16-14-17(20-7-19-16)23(8-21-14)10-6-11(24)12-13(22-25-15(10)12)9-4-2-1-3-5-9/h1-5,7-8,10-12,15,24H,6H2,(H2,18,19,20)/t10-,11+,12+,15+/m1/s1. The second-order valence-electron chi connectivity index (χ2n) is 6.39. The van der Waals surface area contributed by atoms with Crippen molar-refractivity contribution < 1.29 is 9.94 Å². The Labute approximate surface area is 143 Å². The first-order chi connectivity index (χ1) is 12.2. The molecule has 2 aromatic heterocycles. The zero-order valence-electron chi connectivity index (χ0n) is 13.2. The Balaban J connectivity index is 1.53. The van der Waals surface area contributed by atoms with Gasteiger partial charge in [-0.25, -0.2) is 15.0 Å². The number of oxime groups is 1. The van der Waals surface area contributed by atoms with Crippen molar-refractivity contribution in [3.8, 4) is 0 Å². The predicted octanol–water partition coefficient (Wildman–Crippen LogP) is 1.13. The predicted molar refractivity (Wildman–Crippen MR) is 90.7 cm³/mol. The lowest BCUT2D eigenvalue weighted by atomic mass is 9.92.